The fourth-order valence-electron chi connectivity index (χ4n) is 4.31. The van der Waals surface area contributed by atoms with Gasteiger partial charge in [-0.2, -0.15) is 0 Å². The van der Waals surface area contributed by atoms with Gasteiger partial charge in [0.15, 0.2) is 0 Å². The summed E-state index contributed by atoms with van der Waals surface area (Å²) >= 11 is 0. The zero-order valence-electron chi connectivity index (χ0n) is 25.1. The molecule has 4 rings (SSSR count). The van der Waals surface area contributed by atoms with Crippen molar-refractivity contribution in [3.63, 3.8) is 0 Å². The maximum atomic E-state index is 10.9. The van der Waals surface area contributed by atoms with E-state index < -0.39 is 0 Å². The van der Waals surface area contributed by atoms with Crippen LogP contribution >= 0.6 is 0 Å². The van der Waals surface area contributed by atoms with Crippen LogP contribution < -0.4 is 26.4 Å². The fourth-order valence-corrected chi connectivity index (χ4v) is 4.31. The highest BCUT2D eigenvalue weighted by Gasteiger charge is 2.22. The number of nitrogens with zero attached hydrogens (tertiary/aromatic N) is 3. The van der Waals surface area contributed by atoms with Crippen molar-refractivity contribution in [1.29, 1.82) is 0 Å². The second-order valence-electron chi connectivity index (χ2n) is 9.75. The monoisotopic (exact) mass is 563 g/mol. The van der Waals surface area contributed by atoms with Crippen molar-refractivity contribution < 1.29 is 9.53 Å². The fraction of sp³-hybridized carbons (Fsp3) is 0.469. The summed E-state index contributed by atoms with van der Waals surface area (Å²) in [6.45, 7) is 16.2. The molecule has 0 aliphatic carbocycles. The van der Waals surface area contributed by atoms with Crippen molar-refractivity contribution in [2.75, 3.05) is 64.9 Å². The molecule has 5 N–H and O–H groups in total. The summed E-state index contributed by atoms with van der Waals surface area (Å²) in [5.74, 6) is 1.69. The number of nitrogens with two attached hydrogens (primary N) is 1. The molecule has 0 radical (unpaired) electrons. The summed E-state index contributed by atoms with van der Waals surface area (Å²) in [4.78, 5) is 22.0. The lowest BCUT2D eigenvalue weighted by Crippen LogP contribution is -2.44. The van der Waals surface area contributed by atoms with Crippen molar-refractivity contribution in [3.05, 3.63) is 71.4 Å². The summed E-state index contributed by atoms with van der Waals surface area (Å²) in [6.07, 6.45) is 11.3. The maximum Gasteiger partial charge on any atom is 0.150 e. The predicted octanol–water partition coefficient (Wildman–Crippen LogP) is 3.91. The van der Waals surface area contributed by atoms with E-state index in [1.165, 1.54) is 39.1 Å². The first kappa shape index (κ1) is 33.8. The minimum Gasteiger partial charge on any atom is -0.492 e. The molecule has 41 heavy (non-hydrogen) atoms. The number of pyridine rings is 1. The minimum absolute atomic E-state index is 0.269. The van der Waals surface area contributed by atoms with Gasteiger partial charge in [-0.15, -0.1) is 6.58 Å². The van der Waals surface area contributed by atoms with E-state index in [1.54, 1.807) is 12.3 Å². The Labute approximate surface area is 246 Å². The van der Waals surface area contributed by atoms with Crippen LogP contribution in [0.25, 0.3) is 5.57 Å². The van der Waals surface area contributed by atoms with E-state index in [-0.39, 0.29) is 6.67 Å². The van der Waals surface area contributed by atoms with Crippen LogP contribution in [0.5, 0.6) is 5.75 Å². The minimum atomic E-state index is 0.269. The molecule has 1 saturated heterocycles. The third kappa shape index (κ3) is 12.4. The number of carbonyl (C=O) groups is 1. The molecule has 2 aliphatic rings. The number of ether oxygens (including phenoxy) is 1. The molecule has 0 atom stereocenters. The van der Waals surface area contributed by atoms with E-state index in [0.29, 0.717) is 18.7 Å². The quantitative estimate of drug-likeness (QED) is 0.133. The number of benzene rings is 1. The molecule has 0 unspecified atom stereocenters. The van der Waals surface area contributed by atoms with Crippen LogP contribution in [0.2, 0.25) is 0 Å². The molecule has 9 heteroatoms. The van der Waals surface area contributed by atoms with E-state index in [4.69, 9.17) is 10.5 Å². The average Bonchev–Trinajstić information content (AvgIpc) is 3.52. The molecule has 224 valence electrons. The molecule has 0 saturated carbocycles. The Bertz CT molecular complexity index is 1110. The number of hydrogen-bond donors (Lipinski definition) is 4. The number of aliphatic imine (C=N–C) groups is 1. The predicted molar refractivity (Wildman–Crippen MR) is 172 cm³/mol. The number of fused-ring (bicyclic) bond motifs is 1. The van der Waals surface area contributed by atoms with E-state index in [2.05, 4.69) is 44.3 Å². The molecule has 0 amide bonds. The van der Waals surface area contributed by atoms with Gasteiger partial charge in [-0.25, -0.2) is 4.98 Å². The summed E-state index contributed by atoms with van der Waals surface area (Å²) in [5, 5.41) is 9.87. The first-order chi connectivity index (χ1) is 20.1. The lowest BCUT2D eigenvalue weighted by atomic mass is 10.0. The van der Waals surface area contributed by atoms with Gasteiger partial charge in [-0.1, -0.05) is 31.2 Å². The van der Waals surface area contributed by atoms with Crippen molar-refractivity contribution in [3.8, 4) is 5.75 Å². The van der Waals surface area contributed by atoms with E-state index in [1.807, 2.05) is 50.5 Å². The zero-order valence-corrected chi connectivity index (χ0v) is 25.1. The second kappa shape index (κ2) is 20.5. The zero-order chi connectivity index (χ0) is 29.7. The van der Waals surface area contributed by atoms with Crippen molar-refractivity contribution in [1.82, 2.24) is 20.5 Å². The van der Waals surface area contributed by atoms with Crippen LogP contribution in [-0.4, -0.2) is 82.0 Å². The average molecular weight is 564 g/mol. The number of anilines is 1. The van der Waals surface area contributed by atoms with E-state index in [9.17, 15) is 4.79 Å². The number of aldehydes is 1. The highest BCUT2D eigenvalue weighted by atomic mass is 16.5. The molecule has 0 bridgehead atoms. The number of rotatable bonds is 12. The number of nitrogens with one attached hydrogen (secondary N) is 3. The normalized spacial score (nSPS) is 14.7. The molecule has 1 aromatic heterocycles. The lowest BCUT2D eigenvalue weighted by Gasteiger charge is -2.26. The molecular weight excluding hydrogens is 514 g/mol. The summed E-state index contributed by atoms with van der Waals surface area (Å²) in [7, 11) is 2.01. The van der Waals surface area contributed by atoms with E-state index >= 15 is 0 Å². The van der Waals surface area contributed by atoms with Crippen LogP contribution in [0, 0.1) is 0 Å². The summed E-state index contributed by atoms with van der Waals surface area (Å²) in [5.41, 5.74) is 10.1. The second-order valence-corrected chi connectivity index (χ2v) is 9.75. The number of allylic oxidation sites excluding steroid dienone is 3. The first-order valence-corrected chi connectivity index (χ1v) is 14.6. The van der Waals surface area contributed by atoms with Gasteiger partial charge in [0.1, 0.15) is 17.9 Å². The molecule has 9 nitrogen and oxygen atoms in total. The van der Waals surface area contributed by atoms with E-state index in [0.717, 1.165) is 59.5 Å². The van der Waals surface area contributed by atoms with Gasteiger partial charge in [0, 0.05) is 68.2 Å². The number of aromatic nitrogens is 1. The molecule has 3 heterocycles. The molecular formula is C32H49N7O2. The molecule has 2 aromatic rings. The number of piperazine rings is 1. The molecule has 2 aliphatic heterocycles. The largest absolute Gasteiger partial charge is 0.492 e. The van der Waals surface area contributed by atoms with Crippen molar-refractivity contribution in [2.24, 2.45) is 10.7 Å². The van der Waals surface area contributed by atoms with Crippen molar-refractivity contribution >= 4 is 23.9 Å². The van der Waals surface area contributed by atoms with Gasteiger partial charge in [-0.3, -0.25) is 9.79 Å². The van der Waals surface area contributed by atoms with Crippen LogP contribution in [0.15, 0.2) is 54.2 Å². The van der Waals surface area contributed by atoms with Gasteiger partial charge in [-0.05, 0) is 63.2 Å². The molecule has 1 aromatic carbocycles. The van der Waals surface area contributed by atoms with Crippen LogP contribution in [-0.2, 0) is 13.0 Å². The highest BCUT2D eigenvalue weighted by molar-refractivity contribution is 5.86. The molecule has 0 spiro atoms. The SMILES string of the molecule is C/C(=C\C=N/CN)c1cnc(NCc2cccc(C=O)c2)c2c1OCC2.C=CCC.CNCCCN1CCNCC1. The Kier molecular flexibility index (Phi) is 16.9. The molecule has 1 fully saturated rings. The van der Waals surface area contributed by atoms with Gasteiger partial charge in [0.2, 0.25) is 0 Å². The van der Waals surface area contributed by atoms with Crippen LogP contribution in [0.3, 0.4) is 0 Å². The topological polar surface area (TPSA) is 117 Å². The Balaban J connectivity index is 0.000000324. The number of carbonyl (C=O) groups excluding carboxylic acids is 1. The summed E-state index contributed by atoms with van der Waals surface area (Å²) < 4.78 is 5.85. The van der Waals surface area contributed by atoms with Crippen LogP contribution in [0.4, 0.5) is 5.82 Å². The third-order valence-corrected chi connectivity index (χ3v) is 6.63. The Morgan fingerprint density at radius 1 is 1.32 bits per heavy atom. The Morgan fingerprint density at radius 2 is 2.10 bits per heavy atom. The van der Waals surface area contributed by atoms with Gasteiger partial charge >= 0.3 is 0 Å². The number of hydrogen-bond acceptors (Lipinski definition) is 9. The smallest absolute Gasteiger partial charge is 0.150 e. The van der Waals surface area contributed by atoms with Gasteiger partial charge < -0.3 is 31.3 Å². The summed E-state index contributed by atoms with van der Waals surface area (Å²) in [6, 6.07) is 7.52. The van der Waals surface area contributed by atoms with Crippen molar-refractivity contribution in [2.45, 2.75) is 39.7 Å². The van der Waals surface area contributed by atoms with Gasteiger partial charge in [0.25, 0.3) is 0 Å². The standard InChI is InChI=1S/C20H22N4O2.C8H19N3.C4H8/c1-14(5-7-22-13-21)18-11-24-20(17-6-8-26-19(17)18)23-10-15-3-2-4-16(9-15)12-25;1-9-3-2-6-11-7-4-10-5-8-11;1-3-4-2/h2-5,7,9,11-12H,6,8,10,13,21H2,1H3,(H,23,24);9-10H,2-8H2,1H3;3H,1,4H2,2H3/b14-5+,22-7-;;. The highest BCUT2D eigenvalue weighted by Crippen LogP contribution is 2.37. The first-order valence-electron chi connectivity index (χ1n) is 14.6. The third-order valence-electron chi connectivity index (χ3n) is 6.63. The van der Waals surface area contributed by atoms with Gasteiger partial charge in [0.05, 0.1) is 13.3 Å². The maximum absolute atomic E-state index is 10.9. The van der Waals surface area contributed by atoms with Crippen LogP contribution in [0.1, 0.15) is 53.7 Å². The Morgan fingerprint density at radius 3 is 2.78 bits per heavy atom. The lowest BCUT2D eigenvalue weighted by molar-refractivity contribution is 0.112. The Hall–Kier alpha value is -3.37.